The first-order valence-electron chi connectivity index (χ1n) is 6.67. The Kier molecular flexibility index (Phi) is 5.29. The van der Waals surface area contributed by atoms with Crippen LogP contribution in [0.1, 0.15) is 15.9 Å². The molecule has 0 fully saturated rings. The average Bonchev–Trinajstić information content (AvgIpc) is 2.55. The van der Waals surface area contributed by atoms with E-state index in [0.29, 0.717) is 17.9 Å². The second-order valence-corrected chi connectivity index (χ2v) is 4.54. The number of carbonyl (C=O) groups excluding carboxylic acids is 1. The van der Waals surface area contributed by atoms with E-state index in [1.54, 1.807) is 48.7 Å². The second-order valence-electron chi connectivity index (χ2n) is 4.54. The zero-order chi connectivity index (χ0) is 15.1. The summed E-state index contributed by atoms with van der Waals surface area (Å²) in [5.41, 5.74) is 1.45. The van der Waals surface area contributed by atoms with Gasteiger partial charge in [-0.3, -0.25) is 9.78 Å². The van der Waals surface area contributed by atoms with Gasteiger partial charge in [0.2, 0.25) is 0 Å². The Morgan fingerprint density at radius 2 is 2.19 bits per heavy atom. The van der Waals surface area contributed by atoms with Gasteiger partial charge in [0.25, 0.3) is 5.91 Å². The van der Waals surface area contributed by atoms with Crippen LogP contribution >= 0.6 is 0 Å². The van der Waals surface area contributed by atoms with Crippen molar-refractivity contribution in [1.29, 1.82) is 0 Å². The third-order valence-electron chi connectivity index (χ3n) is 3.07. The fraction of sp³-hybridized carbons (Fsp3) is 0.250. The number of carbonyl (C=O) groups is 1. The summed E-state index contributed by atoms with van der Waals surface area (Å²) in [7, 11) is 1.56. The zero-order valence-corrected chi connectivity index (χ0v) is 11.9. The number of nitrogens with zero attached hydrogens (tertiary/aromatic N) is 2. The molecule has 1 amide bonds. The van der Waals surface area contributed by atoms with E-state index in [1.165, 1.54) is 0 Å². The minimum absolute atomic E-state index is 0.0873. The van der Waals surface area contributed by atoms with E-state index >= 15 is 0 Å². The summed E-state index contributed by atoms with van der Waals surface area (Å²) in [5, 5.41) is 9.18. The molecule has 5 nitrogen and oxygen atoms in total. The van der Waals surface area contributed by atoms with Crippen molar-refractivity contribution in [3.05, 3.63) is 59.9 Å². The van der Waals surface area contributed by atoms with Crippen molar-refractivity contribution >= 4 is 5.91 Å². The largest absolute Gasteiger partial charge is 0.497 e. The lowest BCUT2D eigenvalue weighted by Gasteiger charge is -2.22. The number of aromatic nitrogens is 1. The maximum atomic E-state index is 12.5. The van der Waals surface area contributed by atoms with Gasteiger partial charge < -0.3 is 14.7 Å². The van der Waals surface area contributed by atoms with Crippen LogP contribution in [-0.4, -0.2) is 41.2 Å². The SMILES string of the molecule is COc1cccc(C(=O)N(CCO)Cc2cccnc2)c1. The molecule has 0 atom stereocenters. The lowest BCUT2D eigenvalue weighted by molar-refractivity contribution is 0.0707. The van der Waals surface area contributed by atoms with E-state index in [2.05, 4.69) is 4.98 Å². The Hall–Kier alpha value is -2.40. The van der Waals surface area contributed by atoms with Crippen molar-refractivity contribution in [2.45, 2.75) is 6.54 Å². The van der Waals surface area contributed by atoms with E-state index in [1.807, 2.05) is 12.1 Å². The minimum Gasteiger partial charge on any atom is -0.497 e. The van der Waals surface area contributed by atoms with Crippen LogP contribution in [-0.2, 0) is 6.54 Å². The summed E-state index contributed by atoms with van der Waals surface area (Å²) in [5.74, 6) is 0.484. The third kappa shape index (κ3) is 4.03. The van der Waals surface area contributed by atoms with E-state index in [4.69, 9.17) is 4.74 Å². The molecular formula is C16H18N2O3. The molecule has 0 bridgehead atoms. The highest BCUT2D eigenvalue weighted by atomic mass is 16.5. The summed E-state index contributed by atoms with van der Waals surface area (Å²) in [6, 6.07) is 10.7. The molecule has 1 heterocycles. The summed E-state index contributed by atoms with van der Waals surface area (Å²) in [4.78, 5) is 18.2. The number of ether oxygens (including phenoxy) is 1. The van der Waals surface area contributed by atoms with Gasteiger partial charge in [0.05, 0.1) is 13.7 Å². The molecule has 0 radical (unpaired) electrons. The van der Waals surface area contributed by atoms with Crippen LogP contribution in [0.25, 0.3) is 0 Å². The van der Waals surface area contributed by atoms with Crippen molar-refractivity contribution in [2.24, 2.45) is 0 Å². The standard InChI is InChI=1S/C16H18N2O3/c1-21-15-6-2-5-14(10-15)16(20)18(8-9-19)12-13-4-3-7-17-11-13/h2-7,10-11,19H,8-9,12H2,1H3. The Balaban J connectivity index is 2.18. The second kappa shape index (κ2) is 7.40. The number of aliphatic hydroxyl groups excluding tert-OH is 1. The molecule has 0 saturated carbocycles. The van der Waals surface area contributed by atoms with Gasteiger partial charge in [-0.05, 0) is 29.8 Å². The van der Waals surface area contributed by atoms with E-state index in [0.717, 1.165) is 5.56 Å². The summed E-state index contributed by atoms with van der Waals surface area (Å²) in [6.45, 7) is 0.589. The topological polar surface area (TPSA) is 62.7 Å². The van der Waals surface area contributed by atoms with E-state index < -0.39 is 0 Å². The van der Waals surface area contributed by atoms with Crippen LogP contribution in [0.3, 0.4) is 0 Å². The Labute approximate surface area is 123 Å². The first-order valence-corrected chi connectivity index (χ1v) is 6.67. The molecule has 1 aromatic carbocycles. The predicted molar refractivity (Wildman–Crippen MR) is 79.1 cm³/mol. The van der Waals surface area contributed by atoms with Crippen LogP contribution in [0.5, 0.6) is 5.75 Å². The maximum Gasteiger partial charge on any atom is 0.254 e. The van der Waals surface area contributed by atoms with Crippen molar-refractivity contribution in [3.63, 3.8) is 0 Å². The van der Waals surface area contributed by atoms with Gasteiger partial charge in [-0.1, -0.05) is 12.1 Å². The Bertz CT molecular complexity index is 587. The van der Waals surface area contributed by atoms with Gasteiger partial charge in [0, 0.05) is 31.0 Å². The van der Waals surface area contributed by atoms with Gasteiger partial charge in [-0.25, -0.2) is 0 Å². The molecular weight excluding hydrogens is 268 g/mol. The van der Waals surface area contributed by atoms with Crippen molar-refractivity contribution < 1.29 is 14.6 Å². The quantitative estimate of drug-likeness (QED) is 0.878. The zero-order valence-electron chi connectivity index (χ0n) is 11.9. The number of pyridine rings is 1. The van der Waals surface area contributed by atoms with E-state index in [-0.39, 0.29) is 19.1 Å². The summed E-state index contributed by atoms with van der Waals surface area (Å²) < 4.78 is 5.13. The van der Waals surface area contributed by atoms with Crippen molar-refractivity contribution in [2.75, 3.05) is 20.3 Å². The highest BCUT2D eigenvalue weighted by Crippen LogP contribution is 2.15. The number of amides is 1. The molecule has 2 aromatic rings. The summed E-state index contributed by atoms with van der Waals surface area (Å²) in [6.07, 6.45) is 3.40. The minimum atomic E-state index is -0.146. The lowest BCUT2D eigenvalue weighted by atomic mass is 10.1. The lowest BCUT2D eigenvalue weighted by Crippen LogP contribution is -2.33. The van der Waals surface area contributed by atoms with Gasteiger partial charge in [-0.15, -0.1) is 0 Å². The van der Waals surface area contributed by atoms with Crippen molar-refractivity contribution in [3.8, 4) is 5.75 Å². The number of rotatable bonds is 6. The molecule has 5 heteroatoms. The van der Waals surface area contributed by atoms with E-state index in [9.17, 15) is 9.90 Å². The fourth-order valence-electron chi connectivity index (χ4n) is 2.02. The molecule has 0 unspecified atom stereocenters. The first kappa shape index (κ1) is 15.0. The van der Waals surface area contributed by atoms with Crippen LogP contribution in [0.4, 0.5) is 0 Å². The average molecular weight is 286 g/mol. The molecule has 2 rings (SSSR count). The normalized spacial score (nSPS) is 10.2. The highest BCUT2D eigenvalue weighted by Gasteiger charge is 2.16. The molecule has 110 valence electrons. The summed E-state index contributed by atoms with van der Waals surface area (Å²) >= 11 is 0. The Morgan fingerprint density at radius 3 is 2.86 bits per heavy atom. The number of benzene rings is 1. The fourth-order valence-corrected chi connectivity index (χ4v) is 2.02. The van der Waals surface area contributed by atoms with Crippen LogP contribution in [0, 0.1) is 0 Å². The monoisotopic (exact) mass is 286 g/mol. The molecule has 1 N–H and O–H groups in total. The molecule has 0 aliphatic rings. The van der Waals surface area contributed by atoms with Gasteiger partial charge in [-0.2, -0.15) is 0 Å². The number of hydrogen-bond acceptors (Lipinski definition) is 4. The molecule has 0 saturated heterocycles. The molecule has 1 aromatic heterocycles. The van der Waals surface area contributed by atoms with Gasteiger partial charge in [0.15, 0.2) is 0 Å². The number of hydrogen-bond donors (Lipinski definition) is 1. The van der Waals surface area contributed by atoms with Crippen LogP contribution < -0.4 is 4.74 Å². The van der Waals surface area contributed by atoms with Crippen LogP contribution in [0.2, 0.25) is 0 Å². The van der Waals surface area contributed by atoms with Crippen molar-refractivity contribution in [1.82, 2.24) is 9.88 Å². The van der Waals surface area contributed by atoms with Gasteiger partial charge >= 0.3 is 0 Å². The predicted octanol–water partition coefficient (Wildman–Crippen LogP) is 1.72. The third-order valence-corrected chi connectivity index (χ3v) is 3.07. The van der Waals surface area contributed by atoms with Crippen LogP contribution in [0.15, 0.2) is 48.8 Å². The number of aliphatic hydroxyl groups is 1. The first-order chi connectivity index (χ1) is 10.2. The molecule has 0 spiro atoms. The van der Waals surface area contributed by atoms with Gasteiger partial charge in [0.1, 0.15) is 5.75 Å². The number of methoxy groups -OCH3 is 1. The maximum absolute atomic E-state index is 12.5. The highest BCUT2D eigenvalue weighted by molar-refractivity contribution is 5.94. The molecule has 21 heavy (non-hydrogen) atoms. The smallest absolute Gasteiger partial charge is 0.254 e. The molecule has 0 aliphatic carbocycles. The molecule has 0 aliphatic heterocycles. The Morgan fingerprint density at radius 1 is 1.33 bits per heavy atom.